The summed E-state index contributed by atoms with van der Waals surface area (Å²) in [6.45, 7) is 2.01. The molecule has 1 rings (SSSR count). The summed E-state index contributed by atoms with van der Waals surface area (Å²) in [6.07, 6.45) is 0. The lowest BCUT2D eigenvalue weighted by Gasteiger charge is -2.09. The molecule has 1 atom stereocenters. The molecule has 1 aromatic heterocycles. The third-order valence-corrected chi connectivity index (χ3v) is 3.99. The summed E-state index contributed by atoms with van der Waals surface area (Å²) in [6, 6.07) is 1.92. The number of nitrogens with zero attached hydrogens (tertiary/aromatic N) is 1. The van der Waals surface area contributed by atoms with E-state index in [2.05, 4.69) is 26.4 Å². The molecule has 0 saturated carbocycles. The number of nitrogens with one attached hydrogen (secondary N) is 1. The van der Waals surface area contributed by atoms with Crippen molar-refractivity contribution in [3.63, 3.8) is 0 Å². The summed E-state index contributed by atoms with van der Waals surface area (Å²) < 4.78 is 0.967. The Morgan fingerprint density at radius 2 is 2.50 bits per heavy atom. The molecule has 7 heteroatoms. The van der Waals surface area contributed by atoms with Crippen molar-refractivity contribution in [3.05, 3.63) is 20.8 Å². The van der Waals surface area contributed by atoms with E-state index in [1.54, 1.807) is 18.3 Å². The molecule has 4 N–H and O–H groups in total. The Hall–Kier alpha value is -1.08. The van der Waals surface area contributed by atoms with Gasteiger partial charge in [0, 0.05) is 9.35 Å². The summed E-state index contributed by atoms with van der Waals surface area (Å²) in [5, 5.41) is 15.9. The van der Waals surface area contributed by atoms with E-state index in [0.29, 0.717) is 6.54 Å². The number of thiophene rings is 1. The number of carbonyl (C=O) groups excluding carboxylic acids is 1. The highest BCUT2D eigenvalue weighted by Crippen LogP contribution is 2.22. The minimum Gasteiger partial charge on any atom is -0.409 e. The highest BCUT2D eigenvalue weighted by atomic mass is 79.9. The molecule has 0 aliphatic heterocycles. The van der Waals surface area contributed by atoms with Crippen molar-refractivity contribution >= 4 is 39.0 Å². The quantitative estimate of drug-likeness (QED) is 0.341. The van der Waals surface area contributed by atoms with E-state index in [1.165, 1.54) is 0 Å². The maximum Gasteiger partial charge on any atom is 0.230 e. The summed E-state index contributed by atoms with van der Waals surface area (Å²) in [4.78, 5) is 12.6. The van der Waals surface area contributed by atoms with E-state index < -0.39 is 5.92 Å². The van der Waals surface area contributed by atoms with Gasteiger partial charge in [-0.05, 0) is 34.3 Å². The molecular weight excluding hydrogens is 294 g/mol. The van der Waals surface area contributed by atoms with Crippen LogP contribution in [0.25, 0.3) is 0 Å². The van der Waals surface area contributed by atoms with E-state index in [-0.39, 0.29) is 11.7 Å². The molecule has 0 aliphatic carbocycles. The van der Waals surface area contributed by atoms with Gasteiger partial charge in [-0.15, -0.1) is 11.3 Å². The Morgan fingerprint density at radius 3 is 3.00 bits per heavy atom. The van der Waals surface area contributed by atoms with Crippen molar-refractivity contribution in [2.45, 2.75) is 13.5 Å². The monoisotopic (exact) mass is 305 g/mol. The molecule has 5 nitrogen and oxygen atoms in total. The van der Waals surface area contributed by atoms with E-state index in [0.717, 1.165) is 9.35 Å². The lowest BCUT2D eigenvalue weighted by molar-refractivity contribution is -0.122. The summed E-state index contributed by atoms with van der Waals surface area (Å²) in [7, 11) is 0. The highest BCUT2D eigenvalue weighted by Gasteiger charge is 2.17. The van der Waals surface area contributed by atoms with Gasteiger partial charge in [0.15, 0.2) is 5.84 Å². The number of halogens is 1. The standard InChI is InChI=1S/C9H12BrN3O2S/c1-5(8(11)13-15)9(14)12-4-7-6(10)2-3-16-7/h2-3,5,15H,4H2,1H3,(H2,11,13)(H,12,14). The van der Waals surface area contributed by atoms with Crippen molar-refractivity contribution in [3.8, 4) is 0 Å². The number of amidine groups is 1. The van der Waals surface area contributed by atoms with Crippen molar-refractivity contribution in [1.29, 1.82) is 0 Å². The van der Waals surface area contributed by atoms with Crippen LogP contribution in [-0.2, 0) is 11.3 Å². The number of carbonyl (C=O) groups is 1. The van der Waals surface area contributed by atoms with E-state index >= 15 is 0 Å². The van der Waals surface area contributed by atoms with Gasteiger partial charge >= 0.3 is 0 Å². The first-order valence-electron chi connectivity index (χ1n) is 4.53. The van der Waals surface area contributed by atoms with Crippen LogP contribution in [0.4, 0.5) is 0 Å². The van der Waals surface area contributed by atoms with Crippen LogP contribution in [0.5, 0.6) is 0 Å². The third kappa shape index (κ3) is 3.21. The predicted octanol–water partition coefficient (Wildman–Crippen LogP) is 1.51. The lowest BCUT2D eigenvalue weighted by Crippen LogP contribution is -2.36. The van der Waals surface area contributed by atoms with Crippen LogP contribution in [0.1, 0.15) is 11.8 Å². The molecule has 0 aliphatic rings. The minimum absolute atomic E-state index is 0.0947. The summed E-state index contributed by atoms with van der Waals surface area (Å²) >= 11 is 4.91. The number of nitrogens with two attached hydrogens (primary N) is 1. The van der Waals surface area contributed by atoms with Gasteiger partial charge in [-0.2, -0.15) is 0 Å². The molecule has 0 radical (unpaired) electrons. The second kappa shape index (κ2) is 5.86. The number of oxime groups is 1. The fraction of sp³-hybridized carbons (Fsp3) is 0.333. The van der Waals surface area contributed by atoms with Crippen molar-refractivity contribution in [1.82, 2.24) is 5.32 Å². The topological polar surface area (TPSA) is 87.7 Å². The zero-order valence-electron chi connectivity index (χ0n) is 8.61. The Kier molecular flexibility index (Phi) is 4.75. The molecule has 0 spiro atoms. The van der Waals surface area contributed by atoms with Gasteiger partial charge < -0.3 is 16.3 Å². The molecule has 0 fully saturated rings. The van der Waals surface area contributed by atoms with Crippen molar-refractivity contribution in [2.75, 3.05) is 0 Å². The zero-order valence-corrected chi connectivity index (χ0v) is 11.0. The van der Waals surface area contributed by atoms with Crippen LogP contribution in [0.3, 0.4) is 0 Å². The lowest BCUT2D eigenvalue weighted by atomic mass is 10.1. The maximum atomic E-state index is 11.6. The van der Waals surface area contributed by atoms with Gasteiger partial charge in [-0.1, -0.05) is 5.16 Å². The molecule has 1 heterocycles. The summed E-state index contributed by atoms with van der Waals surface area (Å²) in [5.41, 5.74) is 5.33. The Morgan fingerprint density at radius 1 is 1.81 bits per heavy atom. The number of hydrogen-bond acceptors (Lipinski definition) is 4. The predicted molar refractivity (Wildman–Crippen MR) is 66.4 cm³/mol. The molecule has 1 unspecified atom stereocenters. The average Bonchev–Trinajstić information content (AvgIpc) is 2.69. The first-order chi connectivity index (χ1) is 7.56. The number of rotatable bonds is 4. The average molecular weight is 306 g/mol. The van der Waals surface area contributed by atoms with Crippen LogP contribution in [0.2, 0.25) is 0 Å². The maximum absolute atomic E-state index is 11.6. The normalized spacial score (nSPS) is 13.5. The Bertz CT molecular complexity index is 405. The van der Waals surface area contributed by atoms with Gasteiger partial charge in [-0.25, -0.2) is 0 Å². The van der Waals surface area contributed by atoms with Gasteiger partial charge in [0.05, 0.1) is 12.5 Å². The van der Waals surface area contributed by atoms with Crippen LogP contribution in [0.15, 0.2) is 21.1 Å². The zero-order chi connectivity index (χ0) is 12.1. The SMILES string of the molecule is CC(C(=O)NCc1sccc1Br)C(N)=NO. The van der Waals surface area contributed by atoms with E-state index in [1.807, 2.05) is 11.4 Å². The Balaban J connectivity index is 2.51. The van der Waals surface area contributed by atoms with Gasteiger partial charge in [-0.3, -0.25) is 4.79 Å². The van der Waals surface area contributed by atoms with Crippen LogP contribution >= 0.6 is 27.3 Å². The minimum atomic E-state index is -0.635. The van der Waals surface area contributed by atoms with Crippen LogP contribution in [-0.4, -0.2) is 17.0 Å². The highest BCUT2D eigenvalue weighted by molar-refractivity contribution is 9.10. The summed E-state index contributed by atoms with van der Waals surface area (Å²) in [5.74, 6) is -0.998. The molecule has 1 amide bonds. The molecule has 88 valence electrons. The Labute approximate surface area is 105 Å². The molecular formula is C9H12BrN3O2S. The number of hydrogen-bond donors (Lipinski definition) is 3. The second-order valence-corrected chi connectivity index (χ2v) is 5.01. The first kappa shape index (κ1) is 13.0. The molecule has 1 aromatic rings. The largest absolute Gasteiger partial charge is 0.409 e. The van der Waals surface area contributed by atoms with E-state index in [9.17, 15) is 4.79 Å². The first-order valence-corrected chi connectivity index (χ1v) is 6.20. The second-order valence-electron chi connectivity index (χ2n) is 3.16. The van der Waals surface area contributed by atoms with Gasteiger partial charge in [0.25, 0.3) is 0 Å². The van der Waals surface area contributed by atoms with Gasteiger partial charge in [0.1, 0.15) is 0 Å². The number of amides is 1. The molecule has 0 saturated heterocycles. The third-order valence-electron chi connectivity index (χ3n) is 2.07. The van der Waals surface area contributed by atoms with Crippen molar-refractivity contribution in [2.24, 2.45) is 16.8 Å². The fourth-order valence-electron chi connectivity index (χ4n) is 0.993. The van der Waals surface area contributed by atoms with E-state index in [4.69, 9.17) is 10.9 Å². The molecule has 0 aromatic carbocycles. The van der Waals surface area contributed by atoms with Crippen LogP contribution in [0, 0.1) is 5.92 Å². The molecule has 16 heavy (non-hydrogen) atoms. The van der Waals surface area contributed by atoms with Gasteiger partial charge in [0.2, 0.25) is 5.91 Å². The van der Waals surface area contributed by atoms with Crippen molar-refractivity contribution < 1.29 is 10.0 Å². The van der Waals surface area contributed by atoms with Crippen LogP contribution < -0.4 is 11.1 Å². The smallest absolute Gasteiger partial charge is 0.230 e. The fourth-order valence-corrected chi connectivity index (χ4v) is 2.42. The molecule has 0 bridgehead atoms.